The van der Waals surface area contributed by atoms with E-state index in [1.54, 1.807) is 0 Å². The molecule has 2 unspecified atom stereocenters. The highest BCUT2D eigenvalue weighted by molar-refractivity contribution is 4.89. The Hall–Kier alpha value is -0.0800. The molecule has 0 heterocycles. The number of rotatable bonds is 5. The molecule has 90 valence electrons. The van der Waals surface area contributed by atoms with Crippen molar-refractivity contribution in [1.82, 2.24) is 0 Å². The van der Waals surface area contributed by atoms with Gasteiger partial charge in [-0.25, -0.2) is 0 Å². The first-order valence-electron chi connectivity index (χ1n) is 6.38. The van der Waals surface area contributed by atoms with Gasteiger partial charge in [0.05, 0.1) is 0 Å². The van der Waals surface area contributed by atoms with Gasteiger partial charge in [0, 0.05) is 18.8 Å². The molecule has 1 aliphatic rings. The third-order valence-electron chi connectivity index (χ3n) is 3.32. The minimum atomic E-state index is 0.0641. The molecule has 0 amide bonds. The average molecular weight is 213 g/mol. The van der Waals surface area contributed by atoms with Crippen molar-refractivity contribution in [3.63, 3.8) is 0 Å². The van der Waals surface area contributed by atoms with Gasteiger partial charge in [0.1, 0.15) is 0 Å². The second kappa shape index (κ2) is 5.86. The summed E-state index contributed by atoms with van der Waals surface area (Å²) in [4.78, 5) is 0. The van der Waals surface area contributed by atoms with Crippen LogP contribution in [0.25, 0.3) is 0 Å². The molecule has 0 radical (unpaired) electrons. The summed E-state index contributed by atoms with van der Waals surface area (Å²) in [5.74, 6) is 1.43. The lowest BCUT2D eigenvalue weighted by atomic mass is 9.75. The third kappa shape index (κ3) is 4.98. The summed E-state index contributed by atoms with van der Waals surface area (Å²) < 4.78 is 5.62. The molecule has 15 heavy (non-hydrogen) atoms. The lowest BCUT2D eigenvalue weighted by Gasteiger charge is -2.36. The van der Waals surface area contributed by atoms with E-state index in [1.165, 1.54) is 25.7 Å². The van der Waals surface area contributed by atoms with E-state index in [1.807, 2.05) is 0 Å². The van der Waals surface area contributed by atoms with Gasteiger partial charge >= 0.3 is 0 Å². The van der Waals surface area contributed by atoms with Gasteiger partial charge < -0.3 is 10.5 Å². The molecular formula is C13H27NO. The zero-order chi connectivity index (χ0) is 11.3. The standard InChI is InChI=1S/C13H27NO/c1-11(2)10-15-8-7-13(14)6-4-5-12(3)9-13/h11-12H,4-10,14H2,1-3H3. The van der Waals surface area contributed by atoms with E-state index in [9.17, 15) is 0 Å². The normalized spacial score (nSPS) is 32.2. The van der Waals surface area contributed by atoms with Crippen LogP contribution in [-0.4, -0.2) is 18.8 Å². The minimum absolute atomic E-state index is 0.0641. The van der Waals surface area contributed by atoms with E-state index in [-0.39, 0.29) is 5.54 Å². The highest BCUT2D eigenvalue weighted by Gasteiger charge is 2.30. The van der Waals surface area contributed by atoms with E-state index in [4.69, 9.17) is 10.5 Å². The van der Waals surface area contributed by atoms with Crippen LogP contribution in [0.1, 0.15) is 52.9 Å². The van der Waals surface area contributed by atoms with Gasteiger partial charge in [0.15, 0.2) is 0 Å². The van der Waals surface area contributed by atoms with Crippen LogP contribution in [0, 0.1) is 11.8 Å². The van der Waals surface area contributed by atoms with Crippen molar-refractivity contribution in [2.24, 2.45) is 17.6 Å². The molecule has 0 aromatic rings. The number of hydrogen-bond acceptors (Lipinski definition) is 2. The van der Waals surface area contributed by atoms with E-state index < -0.39 is 0 Å². The summed E-state index contributed by atoms with van der Waals surface area (Å²) in [5, 5.41) is 0. The average Bonchev–Trinajstić information content (AvgIpc) is 2.12. The van der Waals surface area contributed by atoms with Crippen LogP contribution < -0.4 is 5.73 Å². The Bertz CT molecular complexity index is 181. The van der Waals surface area contributed by atoms with Crippen molar-refractivity contribution < 1.29 is 4.74 Å². The Morgan fingerprint density at radius 3 is 2.80 bits per heavy atom. The maximum Gasteiger partial charge on any atom is 0.0489 e. The Balaban J connectivity index is 2.18. The first-order valence-corrected chi connectivity index (χ1v) is 6.38. The predicted octanol–water partition coefficient (Wildman–Crippen LogP) is 2.96. The maximum absolute atomic E-state index is 6.39. The molecule has 1 rings (SSSR count). The zero-order valence-corrected chi connectivity index (χ0v) is 10.6. The minimum Gasteiger partial charge on any atom is -0.381 e. The monoisotopic (exact) mass is 213 g/mol. The summed E-state index contributed by atoms with van der Waals surface area (Å²) in [7, 11) is 0. The molecule has 1 fully saturated rings. The van der Waals surface area contributed by atoms with Crippen LogP contribution in [0.4, 0.5) is 0 Å². The van der Waals surface area contributed by atoms with Crippen molar-refractivity contribution in [3.05, 3.63) is 0 Å². The van der Waals surface area contributed by atoms with E-state index in [0.717, 1.165) is 25.6 Å². The molecule has 0 bridgehead atoms. The molecular weight excluding hydrogens is 186 g/mol. The second-order valence-corrected chi connectivity index (χ2v) is 5.78. The Labute approximate surface area is 94.6 Å². The fourth-order valence-electron chi connectivity index (χ4n) is 2.52. The molecule has 0 spiro atoms. The summed E-state index contributed by atoms with van der Waals surface area (Å²) in [6.07, 6.45) is 6.04. The van der Waals surface area contributed by atoms with Crippen LogP contribution in [0.3, 0.4) is 0 Å². The Morgan fingerprint density at radius 1 is 1.47 bits per heavy atom. The summed E-state index contributed by atoms with van der Waals surface area (Å²) in [6.45, 7) is 8.38. The van der Waals surface area contributed by atoms with Gasteiger partial charge in [-0.1, -0.05) is 33.6 Å². The molecule has 0 aromatic heterocycles. The van der Waals surface area contributed by atoms with Crippen LogP contribution >= 0.6 is 0 Å². The van der Waals surface area contributed by atoms with Crippen molar-refractivity contribution in [2.75, 3.05) is 13.2 Å². The second-order valence-electron chi connectivity index (χ2n) is 5.78. The summed E-state index contributed by atoms with van der Waals surface area (Å²) in [6, 6.07) is 0. The van der Waals surface area contributed by atoms with Gasteiger partial charge in [-0.05, 0) is 31.1 Å². The highest BCUT2D eigenvalue weighted by Crippen LogP contribution is 2.32. The molecule has 0 saturated heterocycles. The topological polar surface area (TPSA) is 35.2 Å². The first kappa shape index (κ1) is 13.0. The fraction of sp³-hybridized carbons (Fsp3) is 1.00. The third-order valence-corrected chi connectivity index (χ3v) is 3.32. The van der Waals surface area contributed by atoms with Gasteiger partial charge in [-0.3, -0.25) is 0 Å². The van der Waals surface area contributed by atoms with Gasteiger partial charge in [0.25, 0.3) is 0 Å². The maximum atomic E-state index is 6.39. The first-order chi connectivity index (χ1) is 7.02. The van der Waals surface area contributed by atoms with Gasteiger partial charge in [0.2, 0.25) is 0 Å². The number of ether oxygens (including phenoxy) is 1. The van der Waals surface area contributed by atoms with Crippen LogP contribution in [0.5, 0.6) is 0 Å². The lowest BCUT2D eigenvalue weighted by molar-refractivity contribution is 0.0815. The van der Waals surface area contributed by atoms with Gasteiger partial charge in [-0.15, -0.1) is 0 Å². The van der Waals surface area contributed by atoms with Crippen LogP contribution in [0.2, 0.25) is 0 Å². The smallest absolute Gasteiger partial charge is 0.0489 e. The molecule has 2 atom stereocenters. The predicted molar refractivity (Wildman–Crippen MR) is 64.8 cm³/mol. The van der Waals surface area contributed by atoms with Crippen LogP contribution in [-0.2, 0) is 4.74 Å². The summed E-state index contributed by atoms with van der Waals surface area (Å²) in [5.41, 5.74) is 6.45. The van der Waals surface area contributed by atoms with Gasteiger partial charge in [-0.2, -0.15) is 0 Å². The quantitative estimate of drug-likeness (QED) is 0.713. The van der Waals surface area contributed by atoms with E-state index >= 15 is 0 Å². The molecule has 0 aromatic carbocycles. The van der Waals surface area contributed by atoms with Crippen molar-refractivity contribution in [2.45, 2.75) is 58.4 Å². The molecule has 2 nitrogen and oxygen atoms in total. The zero-order valence-electron chi connectivity index (χ0n) is 10.6. The van der Waals surface area contributed by atoms with Crippen molar-refractivity contribution in [1.29, 1.82) is 0 Å². The highest BCUT2D eigenvalue weighted by atomic mass is 16.5. The molecule has 2 heteroatoms. The molecule has 1 aliphatic carbocycles. The summed E-state index contributed by atoms with van der Waals surface area (Å²) >= 11 is 0. The largest absolute Gasteiger partial charge is 0.381 e. The molecule has 1 saturated carbocycles. The Morgan fingerprint density at radius 2 is 2.20 bits per heavy atom. The number of hydrogen-bond donors (Lipinski definition) is 1. The molecule has 0 aliphatic heterocycles. The lowest BCUT2D eigenvalue weighted by Crippen LogP contribution is -2.44. The molecule has 2 N–H and O–H groups in total. The van der Waals surface area contributed by atoms with Crippen molar-refractivity contribution >= 4 is 0 Å². The van der Waals surface area contributed by atoms with Crippen LogP contribution in [0.15, 0.2) is 0 Å². The van der Waals surface area contributed by atoms with Crippen molar-refractivity contribution in [3.8, 4) is 0 Å². The van der Waals surface area contributed by atoms with E-state index in [0.29, 0.717) is 5.92 Å². The van der Waals surface area contributed by atoms with E-state index in [2.05, 4.69) is 20.8 Å². The fourth-order valence-corrected chi connectivity index (χ4v) is 2.52. The number of nitrogens with two attached hydrogens (primary N) is 1. The SMILES string of the molecule is CC(C)COCCC1(N)CCCC(C)C1. The Kier molecular flexibility index (Phi) is 5.07.